The van der Waals surface area contributed by atoms with Gasteiger partial charge in [0.05, 0.1) is 7.11 Å². The average molecular weight is 260 g/mol. The number of rotatable bonds is 5. The zero-order chi connectivity index (χ0) is 13.7. The molecule has 0 amide bonds. The molecule has 0 bridgehead atoms. The molecule has 2 aromatic carbocycles. The van der Waals surface area contributed by atoms with Crippen LogP contribution in [0.1, 0.15) is 11.7 Å². The Balaban J connectivity index is 1.98. The van der Waals surface area contributed by atoms with Crippen LogP contribution in [0.15, 0.2) is 48.5 Å². The Kier molecular flexibility index (Phi) is 4.26. The number of phenolic OH excluding ortho intramolecular Hbond substituents is 1. The van der Waals surface area contributed by atoms with E-state index in [1.807, 2.05) is 12.1 Å². The van der Waals surface area contributed by atoms with Gasteiger partial charge in [-0.05, 0) is 29.8 Å². The number of phenols is 1. The minimum absolute atomic E-state index is 0.108. The Morgan fingerprint density at radius 2 is 1.79 bits per heavy atom. The summed E-state index contributed by atoms with van der Waals surface area (Å²) in [6, 6.07) is 13.7. The van der Waals surface area contributed by atoms with Crippen molar-refractivity contribution < 1.29 is 19.7 Å². The molecule has 0 aliphatic rings. The van der Waals surface area contributed by atoms with E-state index in [2.05, 4.69) is 0 Å². The fourth-order valence-corrected chi connectivity index (χ4v) is 1.69. The van der Waals surface area contributed by atoms with E-state index in [4.69, 9.17) is 9.47 Å². The number of hydrogen-bond donors (Lipinski definition) is 2. The Morgan fingerprint density at radius 3 is 2.53 bits per heavy atom. The Hall–Kier alpha value is -2.20. The molecule has 0 aliphatic heterocycles. The van der Waals surface area contributed by atoms with E-state index in [0.717, 1.165) is 0 Å². The molecule has 2 rings (SSSR count). The topological polar surface area (TPSA) is 58.9 Å². The molecule has 4 nitrogen and oxygen atoms in total. The predicted octanol–water partition coefficient (Wildman–Crippen LogP) is 2.51. The third-order valence-electron chi connectivity index (χ3n) is 2.70. The van der Waals surface area contributed by atoms with E-state index in [0.29, 0.717) is 17.1 Å². The van der Waals surface area contributed by atoms with Crippen molar-refractivity contribution in [2.24, 2.45) is 0 Å². The van der Waals surface area contributed by atoms with Crippen molar-refractivity contribution in [1.82, 2.24) is 0 Å². The quantitative estimate of drug-likeness (QED) is 0.867. The second-order valence-corrected chi connectivity index (χ2v) is 4.10. The van der Waals surface area contributed by atoms with Gasteiger partial charge in [0.1, 0.15) is 30.0 Å². The van der Waals surface area contributed by atoms with Gasteiger partial charge in [-0.1, -0.05) is 18.2 Å². The molecule has 1 atom stereocenters. The summed E-state index contributed by atoms with van der Waals surface area (Å²) in [7, 11) is 1.58. The van der Waals surface area contributed by atoms with E-state index < -0.39 is 6.10 Å². The fraction of sp³-hybridized carbons (Fsp3) is 0.200. The highest BCUT2D eigenvalue weighted by Gasteiger charge is 2.09. The third kappa shape index (κ3) is 3.63. The van der Waals surface area contributed by atoms with Crippen molar-refractivity contribution in [3.8, 4) is 17.2 Å². The monoisotopic (exact) mass is 260 g/mol. The summed E-state index contributed by atoms with van der Waals surface area (Å²) in [5.41, 5.74) is 0.614. The summed E-state index contributed by atoms with van der Waals surface area (Å²) in [6.45, 7) is 0.108. The van der Waals surface area contributed by atoms with Crippen LogP contribution in [0, 0.1) is 0 Å². The first kappa shape index (κ1) is 13.2. The van der Waals surface area contributed by atoms with Crippen molar-refractivity contribution in [1.29, 1.82) is 0 Å². The third-order valence-corrected chi connectivity index (χ3v) is 2.70. The zero-order valence-corrected chi connectivity index (χ0v) is 10.6. The Morgan fingerprint density at radius 1 is 1.05 bits per heavy atom. The molecule has 0 aromatic heterocycles. The van der Waals surface area contributed by atoms with Crippen LogP contribution in [0.4, 0.5) is 0 Å². The number of benzene rings is 2. The molecule has 19 heavy (non-hydrogen) atoms. The SMILES string of the molecule is COc1cccc(OCC(O)c2cccc(O)c2)c1. The van der Waals surface area contributed by atoms with Crippen molar-refractivity contribution in [2.45, 2.75) is 6.10 Å². The predicted molar refractivity (Wildman–Crippen MR) is 71.6 cm³/mol. The minimum atomic E-state index is -0.793. The van der Waals surface area contributed by atoms with E-state index in [-0.39, 0.29) is 12.4 Å². The molecule has 2 N–H and O–H groups in total. The van der Waals surface area contributed by atoms with Crippen LogP contribution in [-0.2, 0) is 0 Å². The second kappa shape index (κ2) is 6.11. The normalized spacial score (nSPS) is 11.9. The maximum atomic E-state index is 9.97. The molecular weight excluding hydrogens is 244 g/mol. The van der Waals surface area contributed by atoms with Gasteiger partial charge in [-0.2, -0.15) is 0 Å². The van der Waals surface area contributed by atoms with Gasteiger partial charge < -0.3 is 19.7 Å². The van der Waals surface area contributed by atoms with E-state index >= 15 is 0 Å². The van der Waals surface area contributed by atoms with Crippen molar-refractivity contribution >= 4 is 0 Å². The first-order chi connectivity index (χ1) is 9.19. The average Bonchev–Trinajstić information content (AvgIpc) is 2.45. The number of methoxy groups -OCH3 is 1. The van der Waals surface area contributed by atoms with Crippen LogP contribution in [0.25, 0.3) is 0 Å². The molecular formula is C15H16O4. The van der Waals surface area contributed by atoms with Crippen molar-refractivity contribution in [3.05, 3.63) is 54.1 Å². The molecule has 0 radical (unpaired) electrons. The Labute approximate surface area is 111 Å². The molecule has 2 aromatic rings. The van der Waals surface area contributed by atoms with Crippen molar-refractivity contribution in [2.75, 3.05) is 13.7 Å². The van der Waals surface area contributed by atoms with E-state index in [1.54, 1.807) is 37.4 Å². The number of aromatic hydroxyl groups is 1. The fourth-order valence-electron chi connectivity index (χ4n) is 1.69. The van der Waals surface area contributed by atoms with E-state index in [9.17, 15) is 10.2 Å². The first-order valence-corrected chi connectivity index (χ1v) is 5.93. The molecule has 1 unspecified atom stereocenters. The van der Waals surface area contributed by atoms with E-state index in [1.165, 1.54) is 6.07 Å². The molecule has 0 saturated heterocycles. The highest BCUT2D eigenvalue weighted by atomic mass is 16.5. The molecule has 4 heteroatoms. The number of aliphatic hydroxyl groups is 1. The second-order valence-electron chi connectivity index (χ2n) is 4.10. The maximum Gasteiger partial charge on any atom is 0.123 e. The molecule has 0 fully saturated rings. The summed E-state index contributed by atoms with van der Waals surface area (Å²) in [4.78, 5) is 0. The standard InChI is InChI=1S/C15H16O4/c1-18-13-6-3-7-14(9-13)19-10-15(17)11-4-2-5-12(16)8-11/h2-9,15-17H,10H2,1H3. The molecule has 0 aliphatic carbocycles. The largest absolute Gasteiger partial charge is 0.508 e. The van der Waals surface area contributed by atoms with Gasteiger partial charge in [-0.15, -0.1) is 0 Å². The highest BCUT2D eigenvalue weighted by Crippen LogP contribution is 2.22. The summed E-state index contributed by atoms with van der Waals surface area (Å²) in [5.74, 6) is 1.45. The first-order valence-electron chi connectivity index (χ1n) is 5.93. The van der Waals surface area contributed by atoms with Gasteiger partial charge in [0.15, 0.2) is 0 Å². The minimum Gasteiger partial charge on any atom is -0.508 e. The lowest BCUT2D eigenvalue weighted by atomic mass is 10.1. The summed E-state index contributed by atoms with van der Waals surface area (Å²) in [5, 5.41) is 19.3. The van der Waals surface area contributed by atoms with Gasteiger partial charge in [0, 0.05) is 6.07 Å². The van der Waals surface area contributed by atoms with Crippen molar-refractivity contribution in [3.63, 3.8) is 0 Å². The Bertz CT molecular complexity index is 539. The van der Waals surface area contributed by atoms with Gasteiger partial charge >= 0.3 is 0 Å². The lowest BCUT2D eigenvalue weighted by Gasteiger charge is -2.13. The molecule has 0 spiro atoms. The smallest absolute Gasteiger partial charge is 0.123 e. The number of ether oxygens (including phenoxy) is 2. The lowest BCUT2D eigenvalue weighted by molar-refractivity contribution is 0.108. The summed E-state index contributed by atoms with van der Waals surface area (Å²) < 4.78 is 10.6. The van der Waals surface area contributed by atoms with Crippen LogP contribution >= 0.6 is 0 Å². The highest BCUT2D eigenvalue weighted by molar-refractivity contribution is 5.33. The molecule has 100 valence electrons. The lowest BCUT2D eigenvalue weighted by Crippen LogP contribution is -2.09. The summed E-state index contributed by atoms with van der Waals surface area (Å²) >= 11 is 0. The van der Waals surface area contributed by atoms with Gasteiger partial charge in [-0.25, -0.2) is 0 Å². The number of hydrogen-bond acceptors (Lipinski definition) is 4. The number of aliphatic hydroxyl groups excluding tert-OH is 1. The van der Waals surface area contributed by atoms with Gasteiger partial charge in [0.2, 0.25) is 0 Å². The summed E-state index contributed by atoms with van der Waals surface area (Å²) in [6.07, 6.45) is -0.793. The van der Waals surface area contributed by atoms with Crippen LogP contribution in [0.5, 0.6) is 17.2 Å². The van der Waals surface area contributed by atoms with Gasteiger partial charge in [-0.3, -0.25) is 0 Å². The molecule has 0 heterocycles. The van der Waals surface area contributed by atoms with Crippen LogP contribution in [0.3, 0.4) is 0 Å². The molecule has 0 saturated carbocycles. The van der Waals surface area contributed by atoms with Crippen LogP contribution < -0.4 is 9.47 Å². The maximum absolute atomic E-state index is 9.97. The van der Waals surface area contributed by atoms with Crippen LogP contribution in [-0.4, -0.2) is 23.9 Å². The zero-order valence-electron chi connectivity index (χ0n) is 10.6. The van der Waals surface area contributed by atoms with Gasteiger partial charge in [0.25, 0.3) is 0 Å². The van der Waals surface area contributed by atoms with Crippen LogP contribution in [0.2, 0.25) is 0 Å².